The van der Waals surface area contributed by atoms with Crippen molar-refractivity contribution in [3.63, 3.8) is 0 Å². The van der Waals surface area contributed by atoms with E-state index in [0.29, 0.717) is 12.8 Å². The van der Waals surface area contributed by atoms with Crippen LogP contribution >= 0.6 is 11.3 Å². The quantitative estimate of drug-likeness (QED) is 0.892. The highest BCUT2D eigenvalue weighted by atomic mass is 32.2. The molecule has 2 atom stereocenters. The first-order chi connectivity index (χ1) is 7.57. The molecule has 0 amide bonds. The number of sulfone groups is 1. The lowest BCUT2D eigenvalue weighted by atomic mass is 9.97. The van der Waals surface area contributed by atoms with E-state index in [-0.39, 0.29) is 17.4 Å². The molecular weight excluding hydrogens is 244 g/mol. The van der Waals surface area contributed by atoms with Crippen LogP contribution in [0.5, 0.6) is 0 Å². The molecule has 2 unspecified atom stereocenters. The van der Waals surface area contributed by atoms with Gasteiger partial charge in [-0.05, 0) is 47.6 Å². The van der Waals surface area contributed by atoms with E-state index in [1.54, 1.807) is 11.3 Å². The van der Waals surface area contributed by atoms with Gasteiger partial charge in [-0.2, -0.15) is 11.3 Å². The first-order valence-electron chi connectivity index (χ1n) is 5.46. The summed E-state index contributed by atoms with van der Waals surface area (Å²) in [6.07, 6.45) is 1.64. The van der Waals surface area contributed by atoms with E-state index in [0.717, 1.165) is 6.42 Å². The minimum Gasteiger partial charge on any atom is -0.393 e. The molecule has 0 aliphatic carbocycles. The molecule has 1 aromatic heterocycles. The zero-order valence-corrected chi connectivity index (χ0v) is 10.6. The highest BCUT2D eigenvalue weighted by Crippen LogP contribution is 2.24. The van der Waals surface area contributed by atoms with Crippen molar-refractivity contribution >= 4 is 21.2 Å². The van der Waals surface area contributed by atoms with E-state index in [4.69, 9.17) is 0 Å². The number of hydrogen-bond donors (Lipinski definition) is 1. The second-order valence-electron chi connectivity index (χ2n) is 4.40. The Morgan fingerprint density at radius 1 is 1.56 bits per heavy atom. The van der Waals surface area contributed by atoms with Gasteiger partial charge in [0.1, 0.15) is 0 Å². The summed E-state index contributed by atoms with van der Waals surface area (Å²) in [7, 11) is -2.87. The fourth-order valence-electron chi connectivity index (χ4n) is 2.11. The second kappa shape index (κ2) is 4.85. The largest absolute Gasteiger partial charge is 0.393 e. The average molecular weight is 260 g/mol. The summed E-state index contributed by atoms with van der Waals surface area (Å²) < 4.78 is 22.5. The SMILES string of the molecule is O=S1(=O)CCC(C(O)CCc2ccsc2)C1. The Hall–Kier alpha value is -0.390. The van der Waals surface area contributed by atoms with Crippen molar-refractivity contribution in [1.29, 1.82) is 0 Å². The van der Waals surface area contributed by atoms with Gasteiger partial charge in [0.05, 0.1) is 17.6 Å². The van der Waals surface area contributed by atoms with Crippen LogP contribution in [0, 0.1) is 5.92 Å². The Kier molecular flexibility index (Phi) is 3.66. The van der Waals surface area contributed by atoms with Gasteiger partial charge in [-0.15, -0.1) is 0 Å². The Morgan fingerprint density at radius 2 is 2.38 bits per heavy atom. The van der Waals surface area contributed by atoms with E-state index in [9.17, 15) is 13.5 Å². The summed E-state index contributed by atoms with van der Waals surface area (Å²) in [5, 5.41) is 14.0. The molecule has 1 aliphatic rings. The first kappa shape index (κ1) is 12.1. The Morgan fingerprint density at radius 3 is 2.94 bits per heavy atom. The van der Waals surface area contributed by atoms with Crippen LogP contribution in [0.15, 0.2) is 16.8 Å². The molecule has 5 heteroatoms. The fourth-order valence-corrected chi connectivity index (χ4v) is 4.69. The molecule has 90 valence electrons. The average Bonchev–Trinajstić information content (AvgIpc) is 2.83. The van der Waals surface area contributed by atoms with Gasteiger partial charge in [-0.3, -0.25) is 0 Å². The van der Waals surface area contributed by atoms with Gasteiger partial charge in [0.2, 0.25) is 0 Å². The van der Waals surface area contributed by atoms with Crippen molar-refractivity contribution in [1.82, 2.24) is 0 Å². The molecule has 16 heavy (non-hydrogen) atoms. The summed E-state index contributed by atoms with van der Waals surface area (Å²) >= 11 is 1.65. The summed E-state index contributed by atoms with van der Waals surface area (Å²) in [6, 6.07) is 2.04. The molecule has 2 heterocycles. The van der Waals surface area contributed by atoms with E-state index < -0.39 is 15.9 Å². The summed E-state index contributed by atoms with van der Waals surface area (Å²) in [4.78, 5) is 0. The summed E-state index contributed by atoms with van der Waals surface area (Å²) in [5.74, 6) is 0.356. The Bertz CT molecular complexity index is 422. The van der Waals surface area contributed by atoms with Crippen LogP contribution in [-0.2, 0) is 16.3 Å². The van der Waals surface area contributed by atoms with Crippen LogP contribution in [-0.4, -0.2) is 31.1 Å². The van der Waals surface area contributed by atoms with Crippen LogP contribution in [0.25, 0.3) is 0 Å². The summed E-state index contributed by atoms with van der Waals surface area (Å²) in [6.45, 7) is 0. The fraction of sp³-hybridized carbons (Fsp3) is 0.636. The highest BCUT2D eigenvalue weighted by Gasteiger charge is 2.32. The third kappa shape index (κ3) is 3.06. The molecule has 0 saturated carbocycles. The molecule has 0 radical (unpaired) electrons. The molecular formula is C11H16O3S2. The van der Waals surface area contributed by atoms with E-state index in [2.05, 4.69) is 5.38 Å². The van der Waals surface area contributed by atoms with Crippen molar-refractivity contribution in [2.75, 3.05) is 11.5 Å². The topological polar surface area (TPSA) is 54.4 Å². The van der Waals surface area contributed by atoms with Gasteiger partial charge in [-0.25, -0.2) is 8.42 Å². The minimum absolute atomic E-state index is 0.0522. The number of thiophene rings is 1. The molecule has 0 aromatic carbocycles. The molecule has 3 nitrogen and oxygen atoms in total. The second-order valence-corrected chi connectivity index (χ2v) is 7.41. The Balaban J connectivity index is 1.83. The van der Waals surface area contributed by atoms with Crippen LogP contribution < -0.4 is 0 Å². The standard InChI is InChI=1S/C11H16O3S2/c12-11(2-1-9-3-5-15-7-9)10-4-6-16(13,14)8-10/h3,5,7,10-12H,1-2,4,6,8H2. The predicted octanol–water partition coefficient (Wildman–Crippen LogP) is 1.48. The molecule has 0 spiro atoms. The van der Waals surface area contributed by atoms with Crippen LogP contribution in [0.4, 0.5) is 0 Å². The molecule has 1 fully saturated rings. The van der Waals surface area contributed by atoms with Crippen LogP contribution in [0.3, 0.4) is 0 Å². The number of aliphatic hydroxyl groups is 1. The summed E-state index contributed by atoms with van der Waals surface area (Å²) in [5.41, 5.74) is 1.23. The highest BCUT2D eigenvalue weighted by molar-refractivity contribution is 7.91. The minimum atomic E-state index is -2.87. The van der Waals surface area contributed by atoms with E-state index >= 15 is 0 Å². The maximum Gasteiger partial charge on any atom is 0.150 e. The molecule has 1 N–H and O–H groups in total. The molecule has 1 saturated heterocycles. The third-order valence-corrected chi connectivity index (χ3v) is 5.65. The van der Waals surface area contributed by atoms with Gasteiger partial charge in [0.25, 0.3) is 0 Å². The third-order valence-electron chi connectivity index (χ3n) is 3.12. The normalized spacial score (nSPS) is 25.7. The maximum atomic E-state index is 11.3. The lowest BCUT2D eigenvalue weighted by molar-refractivity contribution is 0.111. The van der Waals surface area contributed by atoms with Crippen molar-refractivity contribution in [2.24, 2.45) is 5.92 Å². The maximum absolute atomic E-state index is 11.3. The zero-order chi connectivity index (χ0) is 11.6. The smallest absolute Gasteiger partial charge is 0.150 e. The van der Waals surface area contributed by atoms with Gasteiger partial charge in [0, 0.05) is 0 Å². The predicted molar refractivity (Wildman–Crippen MR) is 65.4 cm³/mol. The lowest BCUT2D eigenvalue weighted by Crippen LogP contribution is -2.22. The van der Waals surface area contributed by atoms with Crippen molar-refractivity contribution in [3.05, 3.63) is 22.4 Å². The first-order valence-corrected chi connectivity index (χ1v) is 8.23. The number of aryl methyl sites for hydroxylation is 1. The monoisotopic (exact) mass is 260 g/mol. The number of aliphatic hydroxyl groups excluding tert-OH is 1. The van der Waals surface area contributed by atoms with Gasteiger partial charge >= 0.3 is 0 Å². The molecule has 1 aliphatic heterocycles. The van der Waals surface area contributed by atoms with Gasteiger partial charge in [0.15, 0.2) is 9.84 Å². The Labute approximate surface area is 100 Å². The van der Waals surface area contributed by atoms with Gasteiger partial charge in [-0.1, -0.05) is 0 Å². The van der Waals surface area contributed by atoms with Crippen molar-refractivity contribution in [2.45, 2.75) is 25.4 Å². The van der Waals surface area contributed by atoms with Crippen molar-refractivity contribution < 1.29 is 13.5 Å². The molecule has 1 aromatic rings. The van der Waals surface area contributed by atoms with E-state index in [1.807, 2.05) is 11.4 Å². The van der Waals surface area contributed by atoms with Crippen LogP contribution in [0.1, 0.15) is 18.4 Å². The van der Waals surface area contributed by atoms with Gasteiger partial charge < -0.3 is 5.11 Å². The molecule has 2 rings (SSSR count). The van der Waals surface area contributed by atoms with E-state index in [1.165, 1.54) is 5.56 Å². The van der Waals surface area contributed by atoms with Crippen molar-refractivity contribution in [3.8, 4) is 0 Å². The lowest BCUT2D eigenvalue weighted by Gasteiger charge is -2.15. The zero-order valence-electron chi connectivity index (χ0n) is 9.00. The number of rotatable bonds is 4. The molecule has 0 bridgehead atoms. The number of hydrogen-bond acceptors (Lipinski definition) is 4. The van der Waals surface area contributed by atoms with Crippen LogP contribution in [0.2, 0.25) is 0 Å².